The predicted octanol–water partition coefficient (Wildman–Crippen LogP) is 5.84. The van der Waals surface area contributed by atoms with Gasteiger partial charge in [-0.05, 0) is 60.3 Å². The van der Waals surface area contributed by atoms with E-state index in [4.69, 9.17) is 19.2 Å². The number of aryl methyl sites for hydroxylation is 1. The standard InChI is InChI=1S/C35H40F3N5O4/c1-4-24-27(37)7-6-21-12-23(44)13-25(28(21)24)30-29(38)31-26(15-39-30)32(42-10-11-46-19-34(2,17-42)18-45-3)41-33(40-31)47-20-35-8-5-9-43(35)16-22(36)14-35/h6-7,12-13,15,22,44H,4-5,8-11,14,16-20H2,1-3H3/t22-,34-,35+/m1/s1. The van der Waals surface area contributed by atoms with Crippen molar-refractivity contribution in [2.24, 2.45) is 5.41 Å². The number of fused-ring (bicyclic) bond motifs is 3. The van der Waals surface area contributed by atoms with Crippen LogP contribution in [0, 0.1) is 17.0 Å². The Morgan fingerprint density at radius 1 is 1.15 bits per heavy atom. The highest BCUT2D eigenvalue weighted by Crippen LogP contribution is 2.42. The van der Waals surface area contributed by atoms with E-state index in [0.29, 0.717) is 79.8 Å². The van der Waals surface area contributed by atoms with Crippen LogP contribution in [0.4, 0.5) is 19.0 Å². The molecule has 3 aliphatic heterocycles. The van der Waals surface area contributed by atoms with Gasteiger partial charge in [-0.15, -0.1) is 0 Å². The van der Waals surface area contributed by atoms with Crippen LogP contribution in [0.3, 0.4) is 0 Å². The lowest BCUT2D eigenvalue weighted by Crippen LogP contribution is -2.43. The molecule has 0 saturated carbocycles. The molecule has 4 aromatic rings. The second-order valence-electron chi connectivity index (χ2n) is 13.6. The van der Waals surface area contributed by atoms with Gasteiger partial charge < -0.3 is 24.2 Å². The molecule has 0 bridgehead atoms. The van der Waals surface area contributed by atoms with E-state index in [9.17, 15) is 13.9 Å². The molecule has 3 aliphatic rings. The average molecular weight is 652 g/mol. The summed E-state index contributed by atoms with van der Waals surface area (Å²) in [4.78, 5) is 18.1. The van der Waals surface area contributed by atoms with Crippen LogP contribution in [0.2, 0.25) is 0 Å². The van der Waals surface area contributed by atoms with Crippen molar-refractivity contribution < 1.29 is 32.5 Å². The molecule has 3 fully saturated rings. The van der Waals surface area contributed by atoms with Crippen LogP contribution in [-0.4, -0.2) is 96.4 Å². The first-order chi connectivity index (χ1) is 22.6. The van der Waals surface area contributed by atoms with E-state index in [2.05, 4.69) is 21.8 Å². The molecule has 9 nitrogen and oxygen atoms in total. The number of ether oxygens (including phenoxy) is 3. The van der Waals surface area contributed by atoms with Crippen molar-refractivity contribution in [3.05, 3.63) is 47.7 Å². The summed E-state index contributed by atoms with van der Waals surface area (Å²) in [5.41, 5.74) is -0.260. The quantitative estimate of drug-likeness (QED) is 0.253. The van der Waals surface area contributed by atoms with Crippen LogP contribution < -0.4 is 9.64 Å². The number of benzene rings is 2. The SMILES string of the molecule is CCc1c(F)ccc2cc(O)cc(-c3ncc4c(N5CCOC[C@@](C)(COC)C5)nc(OC[C@@]56CCCN5C[C@H](F)C6)nc4c3F)c12. The molecule has 5 heterocycles. The molecule has 7 rings (SSSR count). The van der Waals surface area contributed by atoms with Crippen molar-refractivity contribution in [2.75, 3.05) is 64.6 Å². The number of aromatic hydroxyl groups is 1. The fraction of sp³-hybridized carbons (Fsp3) is 0.514. The Bertz CT molecular complexity index is 1830. The minimum Gasteiger partial charge on any atom is -0.508 e. The Balaban J connectivity index is 1.38. The maximum absolute atomic E-state index is 16.9. The maximum atomic E-state index is 16.9. The molecule has 12 heteroatoms. The van der Waals surface area contributed by atoms with Gasteiger partial charge in [-0.2, -0.15) is 9.97 Å². The third-order valence-electron chi connectivity index (χ3n) is 9.96. The van der Waals surface area contributed by atoms with Crippen molar-refractivity contribution in [3.63, 3.8) is 0 Å². The van der Waals surface area contributed by atoms with Gasteiger partial charge in [-0.3, -0.25) is 9.88 Å². The van der Waals surface area contributed by atoms with Crippen LogP contribution in [0.25, 0.3) is 32.9 Å². The molecule has 0 unspecified atom stereocenters. The van der Waals surface area contributed by atoms with Crippen molar-refractivity contribution in [1.82, 2.24) is 19.9 Å². The number of pyridine rings is 1. The van der Waals surface area contributed by atoms with E-state index in [0.717, 1.165) is 19.4 Å². The summed E-state index contributed by atoms with van der Waals surface area (Å²) in [6.45, 7) is 7.57. The van der Waals surface area contributed by atoms with E-state index < -0.39 is 23.3 Å². The van der Waals surface area contributed by atoms with Crippen molar-refractivity contribution in [3.8, 4) is 23.0 Å². The van der Waals surface area contributed by atoms with Gasteiger partial charge >= 0.3 is 6.01 Å². The Hall–Kier alpha value is -3.74. The summed E-state index contributed by atoms with van der Waals surface area (Å²) in [5, 5.41) is 12.0. The van der Waals surface area contributed by atoms with Gasteiger partial charge in [0.2, 0.25) is 0 Å². The molecular formula is C35H40F3N5O4. The Morgan fingerprint density at radius 2 is 2.00 bits per heavy atom. The molecule has 47 heavy (non-hydrogen) atoms. The first-order valence-corrected chi connectivity index (χ1v) is 16.3. The zero-order valence-electron chi connectivity index (χ0n) is 27.0. The van der Waals surface area contributed by atoms with Gasteiger partial charge in [0.15, 0.2) is 5.82 Å². The lowest BCUT2D eigenvalue weighted by atomic mass is 9.92. The number of alkyl halides is 1. The second-order valence-corrected chi connectivity index (χ2v) is 13.6. The fourth-order valence-corrected chi connectivity index (χ4v) is 7.89. The minimum atomic E-state index is -0.927. The normalized spacial score (nSPS) is 25.1. The number of phenols is 1. The van der Waals surface area contributed by atoms with Crippen molar-refractivity contribution in [1.29, 1.82) is 0 Å². The van der Waals surface area contributed by atoms with E-state index in [1.807, 2.05) is 11.8 Å². The third kappa shape index (κ3) is 5.74. The Labute approximate surface area is 271 Å². The zero-order chi connectivity index (χ0) is 32.9. The van der Waals surface area contributed by atoms with Crippen molar-refractivity contribution >= 4 is 27.5 Å². The first kappa shape index (κ1) is 31.8. The molecule has 2 aromatic carbocycles. The van der Waals surface area contributed by atoms with E-state index in [1.54, 1.807) is 13.2 Å². The lowest BCUT2D eigenvalue weighted by Gasteiger charge is -2.33. The van der Waals surface area contributed by atoms with E-state index in [-0.39, 0.29) is 40.6 Å². The number of hydrogen-bond acceptors (Lipinski definition) is 9. The maximum Gasteiger partial charge on any atom is 0.319 e. The van der Waals surface area contributed by atoms with Gasteiger partial charge in [0.1, 0.15) is 41.4 Å². The highest BCUT2D eigenvalue weighted by atomic mass is 19.1. The zero-order valence-corrected chi connectivity index (χ0v) is 27.0. The number of rotatable bonds is 8. The summed E-state index contributed by atoms with van der Waals surface area (Å²) in [7, 11) is 1.64. The van der Waals surface area contributed by atoms with Gasteiger partial charge in [-0.25, -0.2) is 13.2 Å². The van der Waals surface area contributed by atoms with Crippen LogP contribution >= 0.6 is 0 Å². The summed E-state index contributed by atoms with van der Waals surface area (Å²) in [6.07, 6.45) is 3.08. The molecular weight excluding hydrogens is 611 g/mol. The monoisotopic (exact) mass is 651 g/mol. The van der Waals surface area contributed by atoms with Crippen LogP contribution in [0.1, 0.15) is 38.7 Å². The fourth-order valence-electron chi connectivity index (χ4n) is 7.89. The van der Waals surface area contributed by atoms with Crippen LogP contribution in [0.5, 0.6) is 11.8 Å². The number of anilines is 1. The topological polar surface area (TPSA) is 93.1 Å². The first-order valence-electron chi connectivity index (χ1n) is 16.3. The van der Waals surface area contributed by atoms with Crippen molar-refractivity contribution in [2.45, 2.75) is 51.2 Å². The predicted molar refractivity (Wildman–Crippen MR) is 173 cm³/mol. The summed E-state index contributed by atoms with van der Waals surface area (Å²) in [5.74, 6) is -0.823. The largest absolute Gasteiger partial charge is 0.508 e. The highest BCUT2D eigenvalue weighted by molar-refractivity contribution is 6.01. The van der Waals surface area contributed by atoms with Gasteiger partial charge in [-0.1, -0.05) is 19.9 Å². The van der Waals surface area contributed by atoms with Gasteiger partial charge in [0.25, 0.3) is 0 Å². The molecule has 0 aliphatic carbocycles. The number of halogens is 3. The van der Waals surface area contributed by atoms with Gasteiger partial charge in [0, 0.05) is 50.3 Å². The highest BCUT2D eigenvalue weighted by Gasteiger charge is 2.49. The summed E-state index contributed by atoms with van der Waals surface area (Å²) in [6, 6.07) is 5.82. The second kappa shape index (κ2) is 12.4. The molecule has 0 radical (unpaired) electrons. The molecule has 3 saturated heterocycles. The summed E-state index contributed by atoms with van der Waals surface area (Å²) < 4.78 is 64.2. The number of hydrogen-bond donors (Lipinski definition) is 1. The molecule has 2 aromatic heterocycles. The smallest absolute Gasteiger partial charge is 0.319 e. The third-order valence-corrected chi connectivity index (χ3v) is 9.96. The Kier molecular flexibility index (Phi) is 8.38. The number of methoxy groups -OCH3 is 1. The number of aromatic nitrogens is 3. The molecule has 0 amide bonds. The Morgan fingerprint density at radius 3 is 2.81 bits per heavy atom. The average Bonchev–Trinajstić information content (AvgIpc) is 3.49. The van der Waals surface area contributed by atoms with E-state index in [1.165, 1.54) is 24.4 Å². The molecule has 1 N–H and O–H groups in total. The van der Waals surface area contributed by atoms with Crippen LogP contribution in [-0.2, 0) is 15.9 Å². The van der Waals surface area contributed by atoms with E-state index >= 15 is 4.39 Å². The number of nitrogens with zero attached hydrogens (tertiary/aromatic N) is 5. The molecule has 0 spiro atoms. The molecule has 3 atom stereocenters. The van der Waals surface area contributed by atoms with Gasteiger partial charge in [0.05, 0.1) is 30.7 Å². The summed E-state index contributed by atoms with van der Waals surface area (Å²) >= 11 is 0. The lowest BCUT2D eigenvalue weighted by molar-refractivity contribution is 0.0227. The number of phenolic OH excluding ortho intramolecular Hbond substituents is 1. The van der Waals surface area contributed by atoms with Crippen LogP contribution in [0.15, 0.2) is 30.5 Å². The molecule has 250 valence electrons. The minimum absolute atomic E-state index is 0.0184.